The third kappa shape index (κ3) is 2.96. The van der Waals surface area contributed by atoms with Crippen LogP contribution in [-0.2, 0) is 10.0 Å². The van der Waals surface area contributed by atoms with E-state index in [9.17, 15) is 13.2 Å². The summed E-state index contributed by atoms with van der Waals surface area (Å²) in [6, 6.07) is 5.80. The lowest BCUT2D eigenvalue weighted by atomic mass is 9.74. The first-order chi connectivity index (χ1) is 8.86. The molecule has 0 atom stereocenters. The van der Waals surface area contributed by atoms with Gasteiger partial charge in [-0.05, 0) is 43.9 Å². The molecule has 5 nitrogen and oxygen atoms in total. The van der Waals surface area contributed by atoms with Crippen LogP contribution in [0.3, 0.4) is 0 Å². The largest absolute Gasteiger partial charge is 0.347 e. The Hall–Kier alpha value is -1.40. The molecule has 1 amide bonds. The third-order valence-electron chi connectivity index (χ3n) is 3.79. The van der Waals surface area contributed by atoms with E-state index in [1.54, 1.807) is 6.07 Å². The molecule has 2 rings (SSSR count). The van der Waals surface area contributed by atoms with Crippen molar-refractivity contribution in [2.24, 2.45) is 5.14 Å². The lowest BCUT2D eigenvalue weighted by Crippen LogP contribution is -2.52. The highest BCUT2D eigenvalue weighted by atomic mass is 32.2. The van der Waals surface area contributed by atoms with Gasteiger partial charge in [-0.25, -0.2) is 13.6 Å². The molecule has 0 aromatic heterocycles. The quantitative estimate of drug-likeness (QED) is 0.874. The van der Waals surface area contributed by atoms with Crippen LogP contribution >= 0.6 is 0 Å². The summed E-state index contributed by atoms with van der Waals surface area (Å²) >= 11 is 0. The van der Waals surface area contributed by atoms with Gasteiger partial charge in [0.1, 0.15) is 0 Å². The molecule has 3 N–H and O–H groups in total. The lowest BCUT2D eigenvalue weighted by Gasteiger charge is -2.42. The molecule has 0 aliphatic heterocycles. The van der Waals surface area contributed by atoms with Crippen LogP contribution in [0.2, 0.25) is 0 Å². The van der Waals surface area contributed by atoms with Gasteiger partial charge in [-0.1, -0.05) is 13.0 Å². The standard InChI is InChI=1S/C13H18N2O3S/c1-2-13(7-4-8-13)15-12(16)10-5-3-6-11(9-10)19(14,17)18/h3,5-6,9H,2,4,7-8H2,1H3,(H,15,16)(H2,14,17,18). The minimum atomic E-state index is -3.78. The average molecular weight is 282 g/mol. The van der Waals surface area contributed by atoms with Crippen molar-refractivity contribution in [2.45, 2.75) is 43.0 Å². The minimum absolute atomic E-state index is 0.0423. The fraction of sp³-hybridized carbons (Fsp3) is 0.462. The smallest absolute Gasteiger partial charge is 0.251 e. The molecular formula is C13H18N2O3S. The summed E-state index contributed by atoms with van der Waals surface area (Å²) in [5.74, 6) is -0.243. The van der Waals surface area contributed by atoms with E-state index >= 15 is 0 Å². The number of nitrogens with one attached hydrogen (secondary N) is 1. The molecule has 0 spiro atoms. The van der Waals surface area contributed by atoms with Gasteiger partial charge in [0.25, 0.3) is 5.91 Å². The average Bonchev–Trinajstić information content (AvgIpc) is 2.32. The van der Waals surface area contributed by atoms with Crippen molar-refractivity contribution in [1.29, 1.82) is 0 Å². The zero-order valence-corrected chi connectivity index (χ0v) is 11.7. The maximum absolute atomic E-state index is 12.1. The van der Waals surface area contributed by atoms with E-state index in [1.807, 2.05) is 6.92 Å². The van der Waals surface area contributed by atoms with Gasteiger partial charge in [-0.15, -0.1) is 0 Å². The predicted octanol–water partition coefficient (Wildman–Crippen LogP) is 1.40. The SMILES string of the molecule is CCC1(NC(=O)c2cccc(S(N)(=O)=O)c2)CCC1. The Bertz CT molecular complexity index is 586. The van der Waals surface area contributed by atoms with E-state index < -0.39 is 10.0 Å². The van der Waals surface area contributed by atoms with Crippen molar-refractivity contribution in [3.63, 3.8) is 0 Å². The maximum atomic E-state index is 12.1. The van der Waals surface area contributed by atoms with Crippen LogP contribution in [0.4, 0.5) is 0 Å². The van der Waals surface area contributed by atoms with Gasteiger partial charge in [0.05, 0.1) is 4.90 Å². The molecule has 0 unspecified atom stereocenters. The Balaban J connectivity index is 2.20. The first-order valence-corrected chi connectivity index (χ1v) is 7.86. The number of primary sulfonamides is 1. The number of benzene rings is 1. The second kappa shape index (κ2) is 4.94. The number of nitrogens with two attached hydrogens (primary N) is 1. The number of carbonyl (C=O) groups excluding carboxylic acids is 1. The molecule has 19 heavy (non-hydrogen) atoms. The molecular weight excluding hydrogens is 264 g/mol. The monoisotopic (exact) mass is 282 g/mol. The van der Waals surface area contributed by atoms with Crippen LogP contribution < -0.4 is 10.5 Å². The highest BCUT2D eigenvalue weighted by Crippen LogP contribution is 2.34. The fourth-order valence-corrected chi connectivity index (χ4v) is 2.86. The van der Waals surface area contributed by atoms with Gasteiger partial charge < -0.3 is 5.32 Å². The van der Waals surface area contributed by atoms with Crippen LogP contribution in [0.5, 0.6) is 0 Å². The molecule has 1 saturated carbocycles. The van der Waals surface area contributed by atoms with Crippen LogP contribution in [0.1, 0.15) is 43.0 Å². The number of carbonyl (C=O) groups is 1. The molecule has 0 heterocycles. The van der Waals surface area contributed by atoms with Gasteiger partial charge in [-0.3, -0.25) is 4.79 Å². The van der Waals surface area contributed by atoms with Crippen molar-refractivity contribution in [3.05, 3.63) is 29.8 Å². The topological polar surface area (TPSA) is 89.3 Å². The van der Waals surface area contributed by atoms with Crippen LogP contribution in [-0.4, -0.2) is 19.9 Å². The number of sulfonamides is 1. The van der Waals surface area contributed by atoms with E-state index in [1.165, 1.54) is 18.2 Å². The zero-order chi connectivity index (χ0) is 14.1. The normalized spacial score (nSPS) is 17.6. The van der Waals surface area contributed by atoms with Crippen molar-refractivity contribution >= 4 is 15.9 Å². The molecule has 1 aliphatic carbocycles. The summed E-state index contributed by atoms with van der Waals surface area (Å²) < 4.78 is 22.5. The Morgan fingerprint density at radius 3 is 2.58 bits per heavy atom. The second-order valence-electron chi connectivity index (χ2n) is 5.01. The highest BCUT2D eigenvalue weighted by molar-refractivity contribution is 7.89. The van der Waals surface area contributed by atoms with Crippen LogP contribution in [0, 0.1) is 0 Å². The second-order valence-corrected chi connectivity index (χ2v) is 6.58. The summed E-state index contributed by atoms with van der Waals surface area (Å²) in [4.78, 5) is 12.1. The van der Waals surface area contributed by atoms with Crippen LogP contribution in [0.25, 0.3) is 0 Å². The molecule has 0 radical (unpaired) electrons. The molecule has 6 heteroatoms. The van der Waals surface area contributed by atoms with E-state index in [2.05, 4.69) is 5.32 Å². The number of hydrogen-bond acceptors (Lipinski definition) is 3. The Kier molecular flexibility index (Phi) is 3.64. The van der Waals surface area contributed by atoms with Crippen molar-refractivity contribution < 1.29 is 13.2 Å². The van der Waals surface area contributed by atoms with E-state index in [4.69, 9.17) is 5.14 Å². The van der Waals surface area contributed by atoms with E-state index in [0.717, 1.165) is 25.7 Å². The van der Waals surface area contributed by atoms with Crippen molar-refractivity contribution in [2.75, 3.05) is 0 Å². The molecule has 1 aliphatic rings. The van der Waals surface area contributed by atoms with Gasteiger partial charge in [0, 0.05) is 11.1 Å². The lowest BCUT2D eigenvalue weighted by molar-refractivity contribution is 0.0820. The van der Waals surface area contributed by atoms with E-state index in [0.29, 0.717) is 5.56 Å². The Labute approximate surface area is 113 Å². The van der Waals surface area contributed by atoms with E-state index in [-0.39, 0.29) is 16.3 Å². The van der Waals surface area contributed by atoms with Crippen molar-refractivity contribution in [1.82, 2.24) is 5.32 Å². The third-order valence-corrected chi connectivity index (χ3v) is 4.70. The van der Waals surface area contributed by atoms with Crippen LogP contribution in [0.15, 0.2) is 29.2 Å². The minimum Gasteiger partial charge on any atom is -0.347 e. The number of rotatable bonds is 4. The van der Waals surface area contributed by atoms with Gasteiger partial charge in [-0.2, -0.15) is 0 Å². The maximum Gasteiger partial charge on any atom is 0.251 e. The molecule has 0 bridgehead atoms. The molecule has 1 aromatic rings. The zero-order valence-electron chi connectivity index (χ0n) is 10.8. The first kappa shape index (κ1) is 14.0. The van der Waals surface area contributed by atoms with Gasteiger partial charge in [0.2, 0.25) is 10.0 Å². The van der Waals surface area contributed by atoms with Crippen molar-refractivity contribution in [3.8, 4) is 0 Å². The predicted molar refractivity (Wildman–Crippen MR) is 72.2 cm³/mol. The summed E-state index contributed by atoms with van der Waals surface area (Å²) in [5, 5.41) is 8.06. The molecule has 1 aromatic carbocycles. The number of amides is 1. The molecule has 0 saturated heterocycles. The Morgan fingerprint density at radius 1 is 1.42 bits per heavy atom. The van der Waals surface area contributed by atoms with Gasteiger partial charge >= 0.3 is 0 Å². The summed E-state index contributed by atoms with van der Waals surface area (Å²) in [5.41, 5.74) is 0.209. The fourth-order valence-electron chi connectivity index (χ4n) is 2.30. The molecule has 104 valence electrons. The van der Waals surface area contributed by atoms with Gasteiger partial charge in [0.15, 0.2) is 0 Å². The first-order valence-electron chi connectivity index (χ1n) is 6.32. The highest BCUT2D eigenvalue weighted by Gasteiger charge is 2.36. The summed E-state index contributed by atoms with van der Waals surface area (Å²) in [7, 11) is -3.78. The summed E-state index contributed by atoms with van der Waals surface area (Å²) in [6.45, 7) is 2.04. The summed E-state index contributed by atoms with van der Waals surface area (Å²) in [6.07, 6.45) is 3.95. The number of hydrogen-bond donors (Lipinski definition) is 2. The molecule has 1 fully saturated rings. The Morgan fingerprint density at radius 2 is 2.11 bits per heavy atom.